The zero-order chi connectivity index (χ0) is 22.6. The zero-order valence-electron chi connectivity index (χ0n) is 16.6. The molecule has 1 aromatic heterocycles. The number of sulfonamides is 1. The minimum absolute atomic E-state index is 0.00656. The molecule has 0 bridgehead atoms. The van der Waals surface area contributed by atoms with Gasteiger partial charge < -0.3 is 10.1 Å². The van der Waals surface area contributed by atoms with Crippen LogP contribution >= 0.6 is 11.6 Å². The second-order valence-electron chi connectivity index (χ2n) is 6.22. The van der Waals surface area contributed by atoms with Gasteiger partial charge in [-0.05, 0) is 56.4 Å². The van der Waals surface area contributed by atoms with Crippen molar-refractivity contribution in [2.75, 3.05) is 19.0 Å². The largest absolute Gasteiger partial charge is 0.461 e. The van der Waals surface area contributed by atoms with E-state index >= 15 is 0 Å². The smallest absolute Gasteiger partial charge is 0.358 e. The molecule has 0 atom stereocenters. The number of esters is 1. The van der Waals surface area contributed by atoms with Crippen molar-refractivity contribution < 1.29 is 22.7 Å². The second kappa shape index (κ2) is 9.29. The van der Waals surface area contributed by atoms with Gasteiger partial charge in [0.1, 0.15) is 0 Å². The predicted octanol–water partition coefficient (Wildman–Crippen LogP) is 2.86. The standard InChI is InChI=1S/C20H19ClN4O5S/c1-3-30-20(27)18-9-10-25(24-18)14-6-4-5-13(11-14)23-19(26)16-12-15(7-8-17(16)21)31(28,29)22-2/h4-12,22H,3H2,1-2H3,(H,23,26). The molecule has 0 aliphatic rings. The molecule has 1 amide bonds. The number of hydrogen-bond acceptors (Lipinski definition) is 6. The van der Waals surface area contributed by atoms with Gasteiger partial charge in [-0.2, -0.15) is 5.10 Å². The Morgan fingerprint density at radius 2 is 1.94 bits per heavy atom. The van der Waals surface area contributed by atoms with Crippen molar-refractivity contribution in [3.63, 3.8) is 0 Å². The monoisotopic (exact) mass is 462 g/mol. The van der Waals surface area contributed by atoms with E-state index < -0.39 is 21.9 Å². The highest BCUT2D eigenvalue weighted by molar-refractivity contribution is 7.89. The number of anilines is 1. The van der Waals surface area contributed by atoms with Gasteiger partial charge in [0.05, 0.1) is 27.8 Å². The molecule has 11 heteroatoms. The summed E-state index contributed by atoms with van der Waals surface area (Å²) in [6.45, 7) is 1.95. The Hall–Kier alpha value is -3.21. The number of benzene rings is 2. The first-order valence-electron chi connectivity index (χ1n) is 9.13. The molecule has 1 heterocycles. The zero-order valence-corrected chi connectivity index (χ0v) is 18.2. The van der Waals surface area contributed by atoms with Gasteiger partial charge in [0.15, 0.2) is 5.69 Å². The molecule has 0 aliphatic heterocycles. The third kappa shape index (κ3) is 5.10. The average molecular weight is 463 g/mol. The van der Waals surface area contributed by atoms with Gasteiger partial charge in [0, 0.05) is 11.9 Å². The minimum atomic E-state index is -3.73. The van der Waals surface area contributed by atoms with E-state index in [4.69, 9.17) is 16.3 Å². The number of nitrogens with one attached hydrogen (secondary N) is 2. The van der Waals surface area contributed by atoms with Crippen molar-refractivity contribution >= 4 is 39.2 Å². The first-order valence-corrected chi connectivity index (χ1v) is 11.0. The summed E-state index contributed by atoms with van der Waals surface area (Å²) < 4.78 is 32.6. The highest BCUT2D eigenvalue weighted by Crippen LogP contribution is 2.22. The number of hydrogen-bond donors (Lipinski definition) is 2. The highest BCUT2D eigenvalue weighted by Gasteiger charge is 2.18. The molecule has 0 spiro atoms. The van der Waals surface area contributed by atoms with Crippen molar-refractivity contribution in [2.45, 2.75) is 11.8 Å². The quantitative estimate of drug-likeness (QED) is 0.521. The first kappa shape index (κ1) is 22.5. The van der Waals surface area contributed by atoms with Crippen molar-refractivity contribution in [1.29, 1.82) is 0 Å². The van der Waals surface area contributed by atoms with Crippen molar-refractivity contribution in [3.8, 4) is 5.69 Å². The van der Waals surface area contributed by atoms with Gasteiger partial charge in [-0.1, -0.05) is 17.7 Å². The molecule has 0 radical (unpaired) electrons. The number of aromatic nitrogens is 2. The molecule has 3 aromatic rings. The van der Waals surface area contributed by atoms with Crippen molar-refractivity contribution in [2.24, 2.45) is 0 Å². The van der Waals surface area contributed by atoms with Gasteiger partial charge in [-0.15, -0.1) is 0 Å². The molecule has 0 aliphatic carbocycles. The maximum atomic E-state index is 12.7. The summed E-state index contributed by atoms with van der Waals surface area (Å²) >= 11 is 6.10. The molecular formula is C20H19ClN4O5S. The lowest BCUT2D eigenvalue weighted by molar-refractivity contribution is 0.0519. The Bertz CT molecular complexity index is 1240. The van der Waals surface area contributed by atoms with Crippen LogP contribution in [0.2, 0.25) is 5.02 Å². The Morgan fingerprint density at radius 1 is 1.16 bits per heavy atom. The molecule has 31 heavy (non-hydrogen) atoms. The average Bonchev–Trinajstić information content (AvgIpc) is 3.25. The van der Waals surface area contributed by atoms with E-state index in [2.05, 4.69) is 15.1 Å². The normalized spacial score (nSPS) is 11.2. The van der Waals surface area contributed by atoms with Crippen LogP contribution in [-0.2, 0) is 14.8 Å². The fraction of sp³-hybridized carbons (Fsp3) is 0.150. The van der Waals surface area contributed by atoms with E-state index in [1.807, 2.05) is 0 Å². The van der Waals surface area contributed by atoms with E-state index in [-0.39, 0.29) is 27.8 Å². The van der Waals surface area contributed by atoms with E-state index in [1.54, 1.807) is 37.4 Å². The number of carbonyl (C=O) groups is 2. The first-order chi connectivity index (χ1) is 14.7. The summed E-state index contributed by atoms with van der Waals surface area (Å²) in [4.78, 5) is 24.4. The number of carbonyl (C=O) groups excluding carboxylic acids is 2. The van der Waals surface area contributed by atoms with Gasteiger partial charge >= 0.3 is 5.97 Å². The fourth-order valence-electron chi connectivity index (χ4n) is 2.67. The van der Waals surface area contributed by atoms with Gasteiger partial charge in [0.25, 0.3) is 5.91 Å². The van der Waals surface area contributed by atoms with Crippen LogP contribution in [0.1, 0.15) is 27.8 Å². The summed E-state index contributed by atoms with van der Waals surface area (Å²) in [7, 11) is -2.46. The molecular weight excluding hydrogens is 444 g/mol. The molecule has 2 N–H and O–H groups in total. The third-order valence-electron chi connectivity index (χ3n) is 4.20. The van der Waals surface area contributed by atoms with Crippen LogP contribution in [0.5, 0.6) is 0 Å². The summed E-state index contributed by atoms with van der Waals surface area (Å²) in [6.07, 6.45) is 1.59. The molecule has 0 saturated heterocycles. The topological polar surface area (TPSA) is 119 Å². The summed E-state index contributed by atoms with van der Waals surface area (Å²) in [5.41, 5.74) is 1.18. The van der Waals surface area contributed by atoms with Gasteiger partial charge in [0.2, 0.25) is 10.0 Å². The maximum Gasteiger partial charge on any atom is 0.358 e. The molecule has 162 valence electrons. The highest BCUT2D eigenvalue weighted by atomic mass is 35.5. The Morgan fingerprint density at radius 3 is 2.65 bits per heavy atom. The summed E-state index contributed by atoms with van der Waals surface area (Å²) in [5.74, 6) is -1.11. The van der Waals surface area contributed by atoms with Crippen LogP contribution in [0.25, 0.3) is 5.69 Å². The third-order valence-corrected chi connectivity index (χ3v) is 5.95. The Labute approximate surface area is 184 Å². The lowest BCUT2D eigenvalue weighted by Crippen LogP contribution is -2.20. The number of nitrogens with zero attached hydrogens (tertiary/aromatic N) is 2. The lowest BCUT2D eigenvalue weighted by Gasteiger charge is -2.10. The minimum Gasteiger partial charge on any atom is -0.461 e. The Kier molecular flexibility index (Phi) is 6.74. The van der Waals surface area contributed by atoms with Crippen LogP contribution in [0.4, 0.5) is 5.69 Å². The number of amides is 1. The fourth-order valence-corrected chi connectivity index (χ4v) is 3.63. The van der Waals surface area contributed by atoms with Gasteiger partial charge in [-0.25, -0.2) is 22.6 Å². The van der Waals surface area contributed by atoms with Crippen LogP contribution in [0, 0.1) is 0 Å². The van der Waals surface area contributed by atoms with Crippen LogP contribution < -0.4 is 10.0 Å². The Balaban J connectivity index is 1.84. The second-order valence-corrected chi connectivity index (χ2v) is 8.51. The van der Waals surface area contributed by atoms with Crippen LogP contribution in [-0.4, -0.2) is 43.7 Å². The molecule has 0 saturated carbocycles. The van der Waals surface area contributed by atoms with E-state index in [0.29, 0.717) is 11.4 Å². The summed E-state index contributed by atoms with van der Waals surface area (Å²) in [5, 5.41) is 6.97. The molecule has 0 fully saturated rings. The van der Waals surface area contributed by atoms with E-state index in [1.165, 1.54) is 36.0 Å². The lowest BCUT2D eigenvalue weighted by atomic mass is 10.2. The molecule has 0 unspecified atom stereocenters. The van der Waals surface area contributed by atoms with Crippen LogP contribution in [0.3, 0.4) is 0 Å². The SMILES string of the molecule is CCOC(=O)c1ccn(-c2cccc(NC(=O)c3cc(S(=O)(=O)NC)ccc3Cl)c2)n1. The number of ether oxygens (including phenoxy) is 1. The number of rotatable bonds is 7. The van der Waals surface area contributed by atoms with Crippen molar-refractivity contribution in [3.05, 3.63) is 71.0 Å². The predicted molar refractivity (Wildman–Crippen MR) is 115 cm³/mol. The van der Waals surface area contributed by atoms with Crippen LogP contribution in [0.15, 0.2) is 59.6 Å². The summed E-state index contributed by atoms with van der Waals surface area (Å²) in [6, 6.07) is 12.1. The number of halogens is 1. The van der Waals surface area contributed by atoms with Gasteiger partial charge in [-0.3, -0.25) is 4.79 Å². The maximum absolute atomic E-state index is 12.7. The van der Waals surface area contributed by atoms with Crippen molar-refractivity contribution in [1.82, 2.24) is 14.5 Å². The van der Waals surface area contributed by atoms with E-state index in [9.17, 15) is 18.0 Å². The molecule has 2 aromatic carbocycles. The van der Waals surface area contributed by atoms with E-state index in [0.717, 1.165) is 0 Å². The molecule has 9 nitrogen and oxygen atoms in total. The molecule has 3 rings (SSSR count).